The lowest BCUT2D eigenvalue weighted by atomic mass is 9.70. The van der Waals surface area contributed by atoms with Crippen LogP contribution < -0.4 is 16.4 Å². The molecule has 10 heteroatoms. The number of nitrogens with zero attached hydrogens (tertiary/aromatic N) is 7. The molecule has 0 radical (unpaired) electrons. The van der Waals surface area contributed by atoms with Crippen molar-refractivity contribution in [3.05, 3.63) is 84.2 Å². The third kappa shape index (κ3) is 5.35. The van der Waals surface area contributed by atoms with Crippen LogP contribution in [0.5, 0.6) is 0 Å². The molecule has 2 unspecified atom stereocenters. The predicted molar refractivity (Wildman–Crippen MR) is 163 cm³/mol. The summed E-state index contributed by atoms with van der Waals surface area (Å²) in [4.78, 5) is 23.7. The first-order valence-corrected chi connectivity index (χ1v) is 14.7. The standard InChI is InChI=1S/C32H36N10/c1-32(2)18-34-12-11-24(32)28(33)29-27-23(21-8-9-21)15-35-16-25(27)38-30(40-29)22-10-13-36-26(14-22)39-31-37-19-42(41-31)17-20-6-4-3-5-7-20/h3-7,10,13-16,19,21,24,28,34H,8-9,11-12,17-18,33H2,1-2H3,(H,36,39,41). The van der Waals surface area contributed by atoms with Gasteiger partial charge >= 0.3 is 0 Å². The molecule has 2 fully saturated rings. The molecule has 10 nitrogen and oxygen atoms in total. The fraction of sp³-hybridized carbons (Fsp3) is 0.375. The van der Waals surface area contributed by atoms with Crippen molar-refractivity contribution in [1.29, 1.82) is 0 Å². The van der Waals surface area contributed by atoms with Crippen LogP contribution in [0, 0.1) is 11.3 Å². The van der Waals surface area contributed by atoms with Gasteiger partial charge in [0.2, 0.25) is 5.95 Å². The third-order valence-electron chi connectivity index (χ3n) is 8.63. The Labute approximate surface area is 245 Å². The molecule has 1 saturated carbocycles. The highest BCUT2D eigenvalue weighted by Crippen LogP contribution is 2.46. The number of nitrogens with two attached hydrogens (primary N) is 1. The highest BCUT2D eigenvalue weighted by atomic mass is 15.4. The van der Waals surface area contributed by atoms with Gasteiger partial charge in [0.15, 0.2) is 5.82 Å². The Bertz CT molecular complexity index is 1710. The number of hydrogen-bond acceptors (Lipinski definition) is 9. The topological polar surface area (TPSA) is 132 Å². The van der Waals surface area contributed by atoms with E-state index in [9.17, 15) is 0 Å². The molecule has 214 valence electrons. The number of hydrogen-bond donors (Lipinski definition) is 3. The number of aromatic nitrogens is 7. The minimum Gasteiger partial charge on any atom is -0.322 e. The SMILES string of the molecule is CC1(C)CNCCC1C(N)c1nc(-c2ccnc(Nc3ncn(Cc4ccccc4)n3)c2)nc2cncc(C3CC3)c12. The molecule has 1 aliphatic carbocycles. The molecule has 4 N–H and O–H groups in total. The summed E-state index contributed by atoms with van der Waals surface area (Å²) in [5, 5.41) is 12.4. The largest absolute Gasteiger partial charge is 0.322 e. The van der Waals surface area contributed by atoms with E-state index in [2.05, 4.69) is 56.7 Å². The van der Waals surface area contributed by atoms with Crippen LogP contribution in [0.15, 0.2) is 67.4 Å². The number of rotatable bonds is 8. The summed E-state index contributed by atoms with van der Waals surface area (Å²) in [7, 11) is 0. The predicted octanol–water partition coefficient (Wildman–Crippen LogP) is 4.98. The summed E-state index contributed by atoms with van der Waals surface area (Å²) in [5.74, 6) is 2.50. The minimum atomic E-state index is -0.219. The first kappa shape index (κ1) is 26.6. The number of pyridine rings is 2. The first-order chi connectivity index (χ1) is 20.4. The van der Waals surface area contributed by atoms with Gasteiger partial charge in [-0.25, -0.2) is 24.6 Å². The number of nitrogens with one attached hydrogen (secondary N) is 2. The van der Waals surface area contributed by atoms with Crippen LogP contribution in [-0.2, 0) is 6.54 Å². The van der Waals surface area contributed by atoms with Crippen molar-refractivity contribution in [1.82, 2.24) is 40.0 Å². The summed E-state index contributed by atoms with van der Waals surface area (Å²) < 4.78 is 1.80. The molecule has 5 aromatic rings. The molecule has 4 aromatic heterocycles. The van der Waals surface area contributed by atoms with E-state index in [0.717, 1.165) is 47.2 Å². The van der Waals surface area contributed by atoms with E-state index in [4.69, 9.17) is 15.7 Å². The Kier molecular flexibility index (Phi) is 6.87. The van der Waals surface area contributed by atoms with Crippen LogP contribution in [-0.4, -0.2) is 47.8 Å². The molecular formula is C32H36N10. The molecular weight excluding hydrogens is 524 g/mol. The van der Waals surface area contributed by atoms with E-state index in [1.54, 1.807) is 17.2 Å². The molecule has 2 atom stereocenters. The lowest BCUT2D eigenvalue weighted by Crippen LogP contribution is -2.47. The maximum atomic E-state index is 7.16. The monoisotopic (exact) mass is 560 g/mol. The Hall–Kier alpha value is -4.28. The Morgan fingerprint density at radius 2 is 1.93 bits per heavy atom. The fourth-order valence-corrected chi connectivity index (χ4v) is 6.21. The Morgan fingerprint density at radius 1 is 1.07 bits per heavy atom. The molecule has 2 aliphatic rings. The van der Waals surface area contributed by atoms with Gasteiger partial charge in [-0.05, 0) is 66.3 Å². The molecule has 0 bridgehead atoms. The zero-order chi connectivity index (χ0) is 28.7. The van der Waals surface area contributed by atoms with E-state index < -0.39 is 0 Å². The molecule has 0 amide bonds. The molecule has 42 heavy (non-hydrogen) atoms. The highest BCUT2D eigenvalue weighted by Gasteiger charge is 2.39. The van der Waals surface area contributed by atoms with Gasteiger partial charge in [0.25, 0.3) is 0 Å². The van der Waals surface area contributed by atoms with Gasteiger partial charge in [-0.2, -0.15) is 0 Å². The van der Waals surface area contributed by atoms with Crippen LogP contribution in [0.2, 0.25) is 0 Å². The lowest BCUT2D eigenvalue weighted by Gasteiger charge is -2.42. The van der Waals surface area contributed by atoms with Crippen LogP contribution in [0.3, 0.4) is 0 Å². The van der Waals surface area contributed by atoms with Gasteiger partial charge in [-0.3, -0.25) is 4.98 Å². The van der Waals surface area contributed by atoms with Crippen LogP contribution in [0.4, 0.5) is 11.8 Å². The highest BCUT2D eigenvalue weighted by molar-refractivity contribution is 5.86. The smallest absolute Gasteiger partial charge is 0.247 e. The summed E-state index contributed by atoms with van der Waals surface area (Å²) >= 11 is 0. The van der Waals surface area contributed by atoms with Gasteiger partial charge in [0.1, 0.15) is 12.1 Å². The van der Waals surface area contributed by atoms with E-state index >= 15 is 0 Å². The second kappa shape index (κ2) is 10.8. The zero-order valence-electron chi connectivity index (χ0n) is 24.0. The second-order valence-electron chi connectivity index (χ2n) is 12.2. The van der Waals surface area contributed by atoms with Crippen LogP contribution in [0.25, 0.3) is 22.3 Å². The van der Waals surface area contributed by atoms with Crippen LogP contribution in [0.1, 0.15) is 61.9 Å². The zero-order valence-corrected chi connectivity index (χ0v) is 24.0. The van der Waals surface area contributed by atoms with Gasteiger partial charge in [0, 0.05) is 29.9 Å². The summed E-state index contributed by atoms with van der Waals surface area (Å²) in [6.07, 6.45) is 10.7. The molecule has 1 saturated heterocycles. The van der Waals surface area contributed by atoms with Gasteiger partial charge in [0.05, 0.1) is 30.0 Å². The van der Waals surface area contributed by atoms with Gasteiger partial charge in [-0.15, -0.1) is 5.10 Å². The number of anilines is 2. The lowest BCUT2D eigenvalue weighted by molar-refractivity contribution is 0.128. The molecule has 7 rings (SSSR count). The molecule has 1 aromatic carbocycles. The van der Waals surface area contributed by atoms with Gasteiger partial charge in [-0.1, -0.05) is 44.2 Å². The summed E-state index contributed by atoms with van der Waals surface area (Å²) in [6, 6.07) is 13.8. The first-order valence-electron chi connectivity index (χ1n) is 14.7. The molecule has 1 aliphatic heterocycles. The van der Waals surface area contributed by atoms with Crippen molar-refractivity contribution in [2.75, 3.05) is 18.4 Å². The van der Waals surface area contributed by atoms with E-state index in [1.165, 1.54) is 18.4 Å². The van der Waals surface area contributed by atoms with Crippen molar-refractivity contribution in [3.63, 3.8) is 0 Å². The quantitative estimate of drug-likeness (QED) is 0.240. The Morgan fingerprint density at radius 3 is 2.74 bits per heavy atom. The van der Waals surface area contributed by atoms with Crippen molar-refractivity contribution in [2.45, 2.75) is 51.6 Å². The average molecular weight is 561 g/mol. The maximum absolute atomic E-state index is 7.16. The molecule has 0 spiro atoms. The van der Waals surface area contributed by atoms with Gasteiger partial charge < -0.3 is 16.4 Å². The number of benzene rings is 1. The normalized spacial score (nSPS) is 19.1. The molecule has 5 heterocycles. The van der Waals surface area contributed by atoms with Crippen molar-refractivity contribution >= 4 is 22.7 Å². The van der Waals surface area contributed by atoms with Crippen LogP contribution >= 0.6 is 0 Å². The van der Waals surface area contributed by atoms with Crippen molar-refractivity contribution < 1.29 is 0 Å². The number of piperidine rings is 1. The fourth-order valence-electron chi connectivity index (χ4n) is 6.21. The maximum Gasteiger partial charge on any atom is 0.247 e. The minimum absolute atomic E-state index is 0.0482. The van der Waals surface area contributed by atoms with Crippen molar-refractivity contribution in [3.8, 4) is 11.4 Å². The summed E-state index contributed by atoms with van der Waals surface area (Å²) in [5.41, 5.74) is 12.2. The van der Waals surface area contributed by atoms with E-state index in [1.807, 2.05) is 42.7 Å². The number of fused-ring (bicyclic) bond motifs is 1. The van der Waals surface area contributed by atoms with Crippen molar-refractivity contribution in [2.24, 2.45) is 17.1 Å². The summed E-state index contributed by atoms with van der Waals surface area (Å²) in [6.45, 7) is 7.14. The second-order valence-corrected chi connectivity index (χ2v) is 12.2. The average Bonchev–Trinajstić information content (AvgIpc) is 3.76. The Balaban J connectivity index is 1.23. The van der Waals surface area contributed by atoms with E-state index in [-0.39, 0.29) is 17.4 Å². The third-order valence-corrected chi connectivity index (χ3v) is 8.63. The van der Waals surface area contributed by atoms with E-state index in [0.29, 0.717) is 30.1 Å².